The first-order valence-electron chi connectivity index (χ1n) is 7.31. The van der Waals surface area contributed by atoms with Crippen molar-refractivity contribution in [3.8, 4) is 11.5 Å². The number of hydrogen-bond acceptors (Lipinski definition) is 4. The fourth-order valence-corrected chi connectivity index (χ4v) is 1.89. The maximum absolute atomic E-state index is 12.2. The zero-order chi connectivity index (χ0) is 15.5. The Morgan fingerprint density at radius 1 is 1.10 bits per heavy atom. The highest BCUT2D eigenvalue weighted by molar-refractivity contribution is 5.99. The van der Waals surface area contributed by atoms with Crippen molar-refractivity contribution in [3.63, 3.8) is 0 Å². The number of ether oxygens (including phenoxy) is 3. The van der Waals surface area contributed by atoms with E-state index >= 15 is 0 Å². The Morgan fingerprint density at radius 3 is 2.29 bits per heavy atom. The lowest BCUT2D eigenvalue weighted by Crippen LogP contribution is -2.26. The molecule has 0 unspecified atom stereocenters. The Morgan fingerprint density at radius 2 is 1.71 bits per heavy atom. The molecule has 0 saturated carbocycles. The third-order valence-electron chi connectivity index (χ3n) is 3.05. The van der Waals surface area contributed by atoms with Gasteiger partial charge in [0.05, 0.1) is 14.2 Å². The number of benzene rings is 1. The molecule has 0 aromatic heterocycles. The van der Waals surface area contributed by atoms with Gasteiger partial charge in [-0.1, -0.05) is 19.4 Å². The van der Waals surface area contributed by atoms with Crippen molar-refractivity contribution in [2.24, 2.45) is 0 Å². The fourth-order valence-electron chi connectivity index (χ4n) is 1.89. The standard InChI is InChI=1S/C16H25NO4/c1-4-5-11-21-12-7-10-17-16(18)15-13(19-2)8-6-9-14(15)20-3/h6,8-9H,4-5,7,10-12H2,1-3H3,(H,17,18). The van der Waals surface area contributed by atoms with Gasteiger partial charge in [-0.15, -0.1) is 0 Å². The van der Waals surface area contributed by atoms with Gasteiger partial charge in [0.25, 0.3) is 5.91 Å². The van der Waals surface area contributed by atoms with E-state index in [2.05, 4.69) is 12.2 Å². The summed E-state index contributed by atoms with van der Waals surface area (Å²) in [6, 6.07) is 5.27. The van der Waals surface area contributed by atoms with Crippen molar-refractivity contribution in [1.29, 1.82) is 0 Å². The number of carbonyl (C=O) groups is 1. The molecule has 0 aliphatic carbocycles. The van der Waals surface area contributed by atoms with E-state index in [1.165, 1.54) is 14.2 Å². The first-order valence-corrected chi connectivity index (χ1v) is 7.31. The van der Waals surface area contributed by atoms with E-state index in [4.69, 9.17) is 14.2 Å². The van der Waals surface area contributed by atoms with Crippen LogP contribution in [0.1, 0.15) is 36.5 Å². The normalized spacial score (nSPS) is 10.2. The molecule has 0 spiro atoms. The summed E-state index contributed by atoms with van der Waals surface area (Å²) in [5.41, 5.74) is 0.425. The lowest BCUT2D eigenvalue weighted by Gasteiger charge is -2.13. The second-order valence-corrected chi connectivity index (χ2v) is 4.61. The predicted molar refractivity (Wildman–Crippen MR) is 82.2 cm³/mol. The largest absolute Gasteiger partial charge is 0.496 e. The average molecular weight is 295 g/mol. The van der Waals surface area contributed by atoms with E-state index in [0.717, 1.165) is 25.9 Å². The zero-order valence-corrected chi connectivity index (χ0v) is 13.1. The zero-order valence-electron chi connectivity index (χ0n) is 13.1. The lowest BCUT2D eigenvalue weighted by molar-refractivity contribution is 0.0934. The number of methoxy groups -OCH3 is 2. The SMILES string of the molecule is CCCCOCCCNC(=O)c1c(OC)cccc1OC. The van der Waals surface area contributed by atoms with Crippen molar-refractivity contribution < 1.29 is 19.0 Å². The van der Waals surface area contributed by atoms with Crippen molar-refractivity contribution >= 4 is 5.91 Å². The molecule has 0 bridgehead atoms. The molecule has 1 aromatic carbocycles. The number of nitrogens with one attached hydrogen (secondary N) is 1. The highest BCUT2D eigenvalue weighted by Gasteiger charge is 2.17. The average Bonchev–Trinajstić information content (AvgIpc) is 2.52. The third-order valence-corrected chi connectivity index (χ3v) is 3.05. The van der Waals surface area contributed by atoms with Gasteiger partial charge in [0, 0.05) is 19.8 Å². The second kappa shape index (κ2) is 10.0. The topological polar surface area (TPSA) is 56.8 Å². The summed E-state index contributed by atoms with van der Waals surface area (Å²) >= 11 is 0. The fraction of sp³-hybridized carbons (Fsp3) is 0.562. The van der Waals surface area contributed by atoms with Crippen LogP contribution in [0.15, 0.2) is 18.2 Å². The smallest absolute Gasteiger partial charge is 0.258 e. The molecule has 0 atom stereocenters. The lowest BCUT2D eigenvalue weighted by atomic mass is 10.1. The van der Waals surface area contributed by atoms with Gasteiger partial charge in [0.2, 0.25) is 0 Å². The van der Waals surface area contributed by atoms with Crippen LogP contribution in [0.25, 0.3) is 0 Å². The number of hydrogen-bond donors (Lipinski definition) is 1. The molecule has 0 radical (unpaired) electrons. The monoisotopic (exact) mass is 295 g/mol. The summed E-state index contributed by atoms with van der Waals surface area (Å²) in [6.07, 6.45) is 2.99. The molecule has 0 fully saturated rings. The molecular weight excluding hydrogens is 270 g/mol. The van der Waals surface area contributed by atoms with Crippen molar-refractivity contribution in [1.82, 2.24) is 5.32 Å². The van der Waals surface area contributed by atoms with Crippen LogP contribution >= 0.6 is 0 Å². The van der Waals surface area contributed by atoms with Crippen molar-refractivity contribution in [3.05, 3.63) is 23.8 Å². The molecule has 0 aliphatic heterocycles. The van der Waals surface area contributed by atoms with Crippen LogP contribution in [-0.4, -0.2) is 39.9 Å². The van der Waals surface area contributed by atoms with E-state index in [-0.39, 0.29) is 5.91 Å². The minimum Gasteiger partial charge on any atom is -0.496 e. The van der Waals surface area contributed by atoms with Crippen LogP contribution in [0.5, 0.6) is 11.5 Å². The van der Waals surface area contributed by atoms with Crippen LogP contribution < -0.4 is 14.8 Å². The van der Waals surface area contributed by atoms with Gasteiger partial charge < -0.3 is 19.5 Å². The summed E-state index contributed by atoms with van der Waals surface area (Å²) in [4.78, 5) is 12.2. The van der Waals surface area contributed by atoms with E-state index in [1.807, 2.05) is 0 Å². The van der Waals surface area contributed by atoms with Gasteiger partial charge in [-0.3, -0.25) is 4.79 Å². The van der Waals surface area contributed by atoms with Crippen molar-refractivity contribution in [2.75, 3.05) is 34.0 Å². The summed E-state index contributed by atoms with van der Waals surface area (Å²) in [5, 5.41) is 2.86. The van der Waals surface area contributed by atoms with Crippen LogP contribution in [0, 0.1) is 0 Å². The predicted octanol–water partition coefficient (Wildman–Crippen LogP) is 2.64. The number of amides is 1. The molecule has 1 rings (SSSR count). The van der Waals surface area contributed by atoms with Gasteiger partial charge in [0.1, 0.15) is 17.1 Å². The highest BCUT2D eigenvalue weighted by Crippen LogP contribution is 2.27. The highest BCUT2D eigenvalue weighted by atomic mass is 16.5. The quantitative estimate of drug-likeness (QED) is 0.674. The van der Waals surface area contributed by atoms with Crippen LogP contribution in [0.2, 0.25) is 0 Å². The van der Waals surface area contributed by atoms with Gasteiger partial charge >= 0.3 is 0 Å². The van der Waals surface area contributed by atoms with E-state index < -0.39 is 0 Å². The second-order valence-electron chi connectivity index (χ2n) is 4.61. The van der Waals surface area contributed by atoms with E-state index in [9.17, 15) is 4.79 Å². The molecule has 0 aliphatic rings. The van der Waals surface area contributed by atoms with Gasteiger partial charge in [0.15, 0.2) is 0 Å². The first-order chi connectivity index (χ1) is 10.2. The van der Waals surface area contributed by atoms with Crippen LogP contribution in [0.3, 0.4) is 0 Å². The minimum absolute atomic E-state index is 0.196. The Labute approximate surface area is 126 Å². The third kappa shape index (κ3) is 5.63. The molecule has 0 saturated heterocycles. The molecule has 1 aromatic rings. The van der Waals surface area contributed by atoms with Gasteiger partial charge in [-0.2, -0.15) is 0 Å². The minimum atomic E-state index is -0.196. The molecule has 21 heavy (non-hydrogen) atoms. The number of unbranched alkanes of at least 4 members (excludes halogenated alkanes) is 1. The van der Waals surface area contributed by atoms with Gasteiger partial charge in [-0.05, 0) is 25.0 Å². The Balaban J connectivity index is 2.45. The van der Waals surface area contributed by atoms with Gasteiger partial charge in [-0.25, -0.2) is 0 Å². The summed E-state index contributed by atoms with van der Waals surface area (Å²) in [7, 11) is 3.07. The maximum atomic E-state index is 12.2. The van der Waals surface area contributed by atoms with Crippen molar-refractivity contribution in [2.45, 2.75) is 26.2 Å². The summed E-state index contributed by atoms with van der Waals surface area (Å²) in [5.74, 6) is 0.815. The molecular formula is C16H25NO4. The van der Waals surface area contributed by atoms with Crippen LogP contribution in [0.4, 0.5) is 0 Å². The molecule has 1 amide bonds. The number of rotatable bonds is 10. The Bertz CT molecular complexity index is 412. The summed E-state index contributed by atoms with van der Waals surface area (Å²) in [6.45, 7) is 4.13. The molecule has 5 heteroatoms. The summed E-state index contributed by atoms with van der Waals surface area (Å²) < 4.78 is 15.9. The molecule has 118 valence electrons. The number of carbonyl (C=O) groups excluding carboxylic acids is 1. The first kappa shape index (κ1) is 17.3. The molecule has 0 heterocycles. The van der Waals surface area contributed by atoms with Crippen LogP contribution in [-0.2, 0) is 4.74 Å². The molecule has 5 nitrogen and oxygen atoms in total. The Kier molecular flexibility index (Phi) is 8.28. The van der Waals surface area contributed by atoms with E-state index in [1.54, 1.807) is 18.2 Å². The van der Waals surface area contributed by atoms with E-state index in [0.29, 0.717) is 30.2 Å². The molecule has 1 N–H and O–H groups in total. The maximum Gasteiger partial charge on any atom is 0.258 e. The Hall–Kier alpha value is -1.75.